The predicted molar refractivity (Wildman–Crippen MR) is 72.6 cm³/mol. The van der Waals surface area contributed by atoms with E-state index in [9.17, 15) is 9.90 Å². The van der Waals surface area contributed by atoms with Gasteiger partial charge in [0.1, 0.15) is 0 Å². The standard InChI is InChI=1S/C15H22O4/c1-3-18-15(17)10-14(16)9-12(2)19-11-13-7-5-4-6-8-13/h4-8,12,14,16H,3,9-11H2,1-2H3/t12-,14+/m0/s1. The first-order valence-corrected chi connectivity index (χ1v) is 6.61. The summed E-state index contributed by atoms with van der Waals surface area (Å²) in [5, 5.41) is 9.73. The highest BCUT2D eigenvalue weighted by Gasteiger charge is 2.15. The Kier molecular flexibility index (Phi) is 7.15. The quantitative estimate of drug-likeness (QED) is 0.733. The predicted octanol–water partition coefficient (Wildman–Crippen LogP) is 2.30. The Morgan fingerprint density at radius 3 is 2.63 bits per heavy atom. The van der Waals surface area contributed by atoms with Gasteiger partial charge in [0.25, 0.3) is 0 Å². The number of rotatable bonds is 8. The van der Waals surface area contributed by atoms with Gasteiger partial charge in [0.05, 0.1) is 31.8 Å². The summed E-state index contributed by atoms with van der Waals surface area (Å²) in [6.07, 6.45) is -0.382. The van der Waals surface area contributed by atoms with Crippen LogP contribution in [-0.4, -0.2) is 29.9 Å². The number of carbonyl (C=O) groups is 1. The number of hydrogen-bond acceptors (Lipinski definition) is 4. The largest absolute Gasteiger partial charge is 0.466 e. The molecule has 0 radical (unpaired) electrons. The summed E-state index contributed by atoms with van der Waals surface area (Å²) in [5.74, 6) is -0.370. The van der Waals surface area contributed by atoms with Crippen molar-refractivity contribution in [2.45, 2.75) is 45.5 Å². The smallest absolute Gasteiger partial charge is 0.308 e. The third kappa shape index (κ3) is 6.94. The average Bonchev–Trinajstić information content (AvgIpc) is 2.37. The van der Waals surface area contributed by atoms with Crippen LogP contribution in [0.4, 0.5) is 0 Å². The van der Waals surface area contributed by atoms with Crippen molar-refractivity contribution in [2.24, 2.45) is 0 Å². The molecule has 2 atom stereocenters. The van der Waals surface area contributed by atoms with E-state index >= 15 is 0 Å². The molecule has 0 fully saturated rings. The summed E-state index contributed by atoms with van der Waals surface area (Å²) in [7, 11) is 0. The molecule has 0 aromatic heterocycles. The van der Waals surface area contributed by atoms with Gasteiger partial charge in [-0.05, 0) is 25.8 Å². The number of hydrogen-bond donors (Lipinski definition) is 1. The second-order valence-corrected chi connectivity index (χ2v) is 4.51. The first-order valence-electron chi connectivity index (χ1n) is 6.61. The van der Waals surface area contributed by atoms with Gasteiger partial charge in [0.2, 0.25) is 0 Å². The van der Waals surface area contributed by atoms with Crippen LogP contribution in [0.2, 0.25) is 0 Å². The zero-order valence-corrected chi connectivity index (χ0v) is 11.5. The van der Waals surface area contributed by atoms with Gasteiger partial charge in [-0.15, -0.1) is 0 Å². The molecule has 0 saturated carbocycles. The van der Waals surface area contributed by atoms with E-state index in [0.29, 0.717) is 19.6 Å². The second-order valence-electron chi connectivity index (χ2n) is 4.51. The van der Waals surface area contributed by atoms with Gasteiger partial charge in [-0.3, -0.25) is 4.79 Å². The Morgan fingerprint density at radius 2 is 2.00 bits per heavy atom. The van der Waals surface area contributed by atoms with Crippen LogP contribution in [0.1, 0.15) is 32.3 Å². The van der Waals surface area contributed by atoms with E-state index in [-0.39, 0.29) is 18.5 Å². The van der Waals surface area contributed by atoms with Gasteiger partial charge >= 0.3 is 5.97 Å². The molecular weight excluding hydrogens is 244 g/mol. The molecule has 1 N–H and O–H groups in total. The van der Waals surface area contributed by atoms with Crippen LogP contribution in [0.5, 0.6) is 0 Å². The van der Waals surface area contributed by atoms with Gasteiger partial charge in [0, 0.05) is 0 Å². The summed E-state index contributed by atoms with van der Waals surface area (Å²) in [4.78, 5) is 11.2. The van der Waals surface area contributed by atoms with E-state index in [1.165, 1.54) is 0 Å². The fraction of sp³-hybridized carbons (Fsp3) is 0.533. The highest BCUT2D eigenvalue weighted by Crippen LogP contribution is 2.10. The van der Waals surface area contributed by atoms with Gasteiger partial charge in [-0.1, -0.05) is 30.3 Å². The minimum absolute atomic E-state index is 0.0207. The molecule has 1 rings (SSSR count). The Balaban J connectivity index is 2.23. The van der Waals surface area contributed by atoms with Gasteiger partial charge in [-0.2, -0.15) is 0 Å². The fourth-order valence-corrected chi connectivity index (χ4v) is 1.76. The van der Waals surface area contributed by atoms with Crippen molar-refractivity contribution in [1.82, 2.24) is 0 Å². The number of benzene rings is 1. The summed E-state index contributed by atoms with van der Waals surface area (Å²) in [6, 6.07) is 9.84. The van der Waals surface area contributed by atoms with E-state index in [2.05, 4.69) is 0 Å². The first kappa shape index (κ1) is 15.7. The van der Waals surface area contributed by atoms with Crippen molar-refractivity contribution in [1.29, 1.82) is 0 Å². The molecule has 0 bridgehead atoms. The fourth-order valence-electron chi connectivity index (χ4n) is 1.76. The lowest BCUT2D eigenvalue weighted by molar-refractivity contribution is -0.145. The maximum Gasteiger partial charge on any atom is 0.308 e. The Hall–Kier alpha value is -1.39. The van der Waals surface area contributed by atoms with Crippen LogP contribution in [-0.2, 0) is 20.9 Å². The van der Waals surface area contributed by atoms with Gasteiger partial charge in [-0.25, -0.2) is 0 Å². The van der Waals surface area contributed by atoms with Crippen LogP contribution in [0.25, 0.3) is 0 Å². The molecule has 0 heterocycles. The normalized spacial score (nSPS) is 13.8. The van der Waals surface area contributed by atoms with Crippen molar-refractivity contribution >= 4 is 5.97 Å². The third-order valence-electron chi connectivity index (χ3n) is 2.69. The Labute approximate surface area is 114 Å². The van der Waals surface area contributed by atoms with Crippen molar-refractivity contribution < 1.29 is 19.4 Å². The molecule has 0 saturated heterocycles. The molecule has 0 aliphatic carbocycles. The number of ether oxygens (including phenoxy) is 2. The molecule has 19 heavy (non-hydrogen) atoms. The molecule has 0 amide bonds. The number of carbonyl (C=O) groups excluding carboxylic acids is 1. The average molecular weight is 266 g/mol. The second kappa shape index (κ2) is 8.67. The van der Waals surface area contributed by atoms with E-state index in [0.717, 1.165) is 5.56 Å². The van der Waals surface area contributed by atoms with E-state index in [4.69, 9.17) is 9.47 Å². The Morgan fingerprint density at radius 1 is 1.32 bits per heavy atom. The van der Waals surface area contributed by atoms with Gasteiger partial charge in [0.15, 0.2) is 0 Å². The van der Waals surface area contributed by atoms with E-state index in [1.807, 2.05) is 37.3 Å². The monoisotopic (exact) mass is 266 g/mol. The molecule has 4 heteroatoms. The summed E-state index contributed by atoms with van der Waals surface area (Å²) in [6.45, 7) is 4.48. The minimum Gasteiger partial charge on any atom is -0.466 e. The zero-order chi connectivity index (χ0) is 14.1. The summed E-state index contributed by atoms with van der Waals surface area (Å²) >= 11 is 0. The number of esters is 1. The highest BCUT2D eigenvalue weighted by molar-refractivity contribution is 5.69. The third-order valence-corrected chi connectivity index (χ3v) is 2.69. The molecule has 4 nitrogen and oxygen atoms in total. The maximum atomic E-state index is 11.2. The van der Waals surface area contributed by atoms with E-state index < -0.39 is 6.10 Å². The van der Waals surface area contributed by atoms with Crippen molar-refractivity contribution in [3.05, 3.63) is 35.9 Å². The first-order chi connectivity index (χ1) is 9.11. The lowest BCUT2D eigenvalue weighted by atomic mass is 10.1. The molecule has 1 aromatic carbocycles. The highest BCUT2D eigenvalue weighted by atomic mass is 16.5. The molecular formula is C15H22O4. The lowest BCUT2D eigenvalue weighted by Gasteiger charge is -2.16. The van der Waals surface area contributed by atoms with Crippen molar-refractivity contribution in [3.8, 4) is 0 Å². The summed E-state index contributed by atoms with van der Waals surface area (Å²) in [5.41, 5.74) is 1.09. The van der Waals surface area contributed by atoms with Crippen LogP contribution in [0.15, 0.2) is 30.3 Å². The molecule has 0 aliphatic heterocycles. The van der Waals surface area contributed by atoms with Crippen LogP contribution in [0, 0.1) is 0 Å². The molecule has 0 unspecified atom stereocenters. The van der Waals surface area contributed by atoms with E-state index in [1.54, 1.807) is 6.92 Å². The van der Waals surface area contributed by atoms with Crippen molar-refractivity contribution in [3.63, 3.8) is 0 Å². The van der Waals surface area contributed by atoms with Crippen molar-refractivity contribution in [2.75, 3.05) is 6.61 Å². The van der Waals surface area contributed by atoms with Gasteiger partial charge < -0.3 is 14.6 Å². The minimum atomic E-state index is -0.718. The van der Waals surface area contributed by atoms with Crippen LogP contribution < -0.4 is 0 Å². The molecule has 0 aliphatic rings. The topological polar surface area (TPSA) is 55.8 Å². The zero-order valence-electron chi connectivity index (χ0n) is 11.5. The van der Waals surface area contributed by atoms with Crippen LogP contribution >= 0.6 is 0 Å². The number of aliphatic hydroxyl groups excluding tert-OH is 1. The SMILES string of the molecule is CCOC(=O)C[C@H](O)C[C@H](C)OCc1ccccc1. The molecule has 106 valence electrons. The molecule has 1 aromatic rings. The van der Waals surface area contributed by atoms with Crippen LogP contribution in [0.3, 0.4) is 0 Å². The lowest BCUT2D eigenvalue weighted by Crippen LogP contribution is -2.22. The molecule has 0 spiro atoms. The number of aliphatic hydroxyl groups is 1. The Bertz CT molecular complexity index is 364. The maximum absolute atomic E-state index is 11.2. The summed E-state index contributed by atoms with van der Waals surface area (Å²) < 4.78 is 10.4.